The lowest BCUT2D eigenvalue weighted by molar-refractivity contribution is -0.124. The molecule has 74 valence electrons. The molecule has 1 aromatic rings. The fraction of sp³-hybridized carbons (Fsp3) is 0.500. The summed E-state index contributed by atoms with van der Waals surface area (Å²) in [6.07, 6.45) is 0. The van der Waals surface area contributed by atoms with Crippen LogP contribution in [-0.2, 0) is 11.3 Å². The largest absolute Gasteiger partial charge is 0.465 e. The molecule has 1 N–H and O–H groups in total. The van der Waals surface area contributed by atoms with Gasteiger partial charge in [-0.2, -0.15) is 0 Å². The smallest absolute Gasteiger partial charge is 0.222 e. The minimum atomic E-state index is 0. The van der Waals surface area contributed by atoms with Crippen LogP contribution in [-0.4, -0.2) is 5.91 Å². The van der Waals surface area contributed by atoms with Gasteiger partial charge >= 0.3 is 0 Å². The third-order valence-electron chi connectivity index (χ3n) is 1.76. The van der Waals surface area contributed by atoms with Gasteiger partial charge in [-0.3, -0.25) is 4.79 Å². The van der Waals surface area contributed by atoms with E-state index < -0.39 is 0 Å². The molecule has 0 aliphatic heterocycles. The van der Waals surface area contributed by atoms with Crippen molar-refractivity contribution in [1.82, 2.24) is 5.32 Å². The van der Waals surface area contributed by atoms with Gasteiger partial charge in [-0.15, -0.1) is 0 Å². The van der Waals surface area contributed by atoms with Gasteiger partial charge in [0.15, 0.2) is 0 Å². The van der Waals surface area contributed by atoms with Gasteiger partial charge in [0.1, 0.15) is 11.5 Å². The Morgan fingerprint density at radius 3 is 2.77 bits per heavy atom. The number of furan rings is 1. The first-order valence-electron chi connectivity index (χ1n) is 4.42. The fourth-order valence-electron chi connectivity index (χ4n) is 0.958. The van der Waals surface area contributed by atoms with Crippen molar-refractivity contribution in [1.29, 1.82) is 0 Å². The highest BCUT2D eigenvalue weighted by Crippen LogP contribution is 2.05. The van der Waals surface area contributed by atoms with Crippen molar-refractivity contribution in [3.8, 4) is 0 Å². The number of carbonyl (C=O) groups is 1. The molecule has 0 aliphatic rings. The molecule has 3 heteroatoms. The fourth-order valence-corrected chi connectivity index (χ4v) is 0.958. The summed E-state index contributed by atoms with van der Waals surface area (Å²) in [7, 11) is 0. The lowest BCUT2D eigenvalue weighted by Gasteiger charge is -2.04. The van der Waals surface area contributed by atoms with Crippen molar-refractivity contribution in [2.75, 3.05) is 0 Å². The Hall–Kier alpha value is -1.25. The number of hydrogen-bond donors (Lipinski definition) is 1. The highest BCUT2D eigenvalue weighted by molar-refractivity contribution is 5.77. The van der Waals surface area contributed by atoms with E-state index in [1.807, 2.05) is 32.9 Å². The summed E-state index contributed by atoms with van der Waals surface area (Å²) in [5.41, 5.74) is 0. The zero-order chi connectivity index (χ0) is 9.84. The lowest BCUT2D eigenvalue weighted by Crippen LogP contribution is -2.26. The standard InChI is InChI=1S/C10H15NO2.H2/c1-7(2)10(12)11-6-9-5-4-8(3)13-9;/h4-5,7H,6H2,1-3H3,(H,11,12);1H. The van der Waals surface area contributed by atoms with Gasteiger partial charge in [-0.1, -0.05) is 13.8 Å². The van der Waals surface area contributed by atoms with Crippen LogP contribution in [0.5, 0.6) is 0 Å². The van der Waals surface area contributed by atoms with E-state index >= 15 is 0 Å². The highest BCUT2D eigenvalue weighted by atomic mass is 16.3. The predicted molar refractivity (Wildman–Crippen MR) is 52.2 cm³/mol. The van der Waals surface area contributed by atoms with Gasteiger partial charge in [0.2, 0.25) is 5.91 Å². The number of nitrogens with one attached hydrogen (secondary N) is 1. The second kappa shape index (κ2) is 4.12. The third-order valence-corrected chi connectivity index (χ3v) is 1.76. The molecule has 3 nitrogen and oxygen atoms in total. The van der Waals surface area contributed by atoms with Crippen LogP contribution in [0.15, 0.2) is 16.5 Å². The Labute approximate surface area is 79.6 Å². The highest BCUT2D eigenvalue weighted by Gasteiger charge is 2.06. The Bertz CT molecular complexity index is 294. The Morgan fingerprint density at radius 2 is 2.31 bits per heavy atom. The van der Waals surface area contributed by atoms with Gasteiger partial charge in [0, 0.05) is 7.34 Å². The second-order valence-corrected chi connectivity index (χ2v) is 3.38. The topological polar surface area (TPSA) is 42.2 Å². The molecule has 0 aromatic carbocycles. The summed E-state index contributed by atoms with van der Waals surface area (Å²) in [5, 5.41) is 2.78. The molecule has 1 rings (SSSR count). The maximum absolute atomic E-state index is 11.2. The molecule has 0 saturated heterocycles. The molecule has 0 saturated carbocycles. The van der Waals surface area contributed by atoms with Crippen molar-refractivity contribution in [3.63, 3.8) is 0 Å². The molecule has 13 heavy (non-hydrogen) atoms. The summed E-state index contributed by atoms with van der Waals surface area (Å²) < 4.78 is 5.30. The van der Waals surface area contributed by atoms with Crippen molar-refractivity contribution < 1.29 is 10.6 Å². The normalized spacial score (nSPS) is 10.5. The first-order valence-corrected chi connectivity index (χ1v) is 4.42. The average molecular weight is 183 g/mol. The Balaban J connectivity index is 0.00000169. The molecule has 0 bridgehead atoms. The van der Waals surface area contributed by atoms with Gasteiger partial charge in [0.25, 0.3) is 0 Å². The number of rotatable bonds is 3. The summed E-state index contributed by atoms with van der Waals surface area (Å²) in [5.74, 6) is 1.74. The van der Waals surface area contributed by atoms with Crippen LogP contribution in [0.25, 0.3) is 0 Å². The zero-order valence-electron chi connectivity index (χ0n) is 8.26. The molecular formula is C10H17NO2. The summed E-state index contributed by atoms with van der Waals surface area (Å²) in [4.78, 5) is 11.2. The predicted octanol–water partition coefficient (Wildman–Crippen LogP) is 2.11. The van der Waals surface area contributed by atoms with E-state index in [0.717, 1.165) is 11.5 Å². The van der Waals surface area contributed by atoms with E-state index in [2.05, 4.69) is 5.32 Å². The van der Waals surface area contributed by atoms with E-state index in [0.29, 0.717) is 6.54 Å². The van der Waals surface area contributed by atoms with Crippen LogP contribution in [0.3, 0.4) is 0 Å². The molecule has 1 amide bonds. The van der Waals surface area contributed by atoms with Crippen molar-refractivity contribution in [2.45, 2.75) is 27.3 Å². The molecule has 1 aromatic heterocycles. The van der Waals surface area contributed by atoms with Crippen LogP contribution in [0.1, 0.15) is 26.8 Å². The molecule has 0 spiro atoms. The number of hydrogen-bond acceptors (Lipinski definition) is 2. The van der Waals surface area contributed by atoms with E-state index in [1.54, 1.807) is 0 Å². The quantitative estimate of drug-likeness (QED) is 0.779. The van der Waals surface area contributed by atoms with E-state index in [4.69, 9.17) is 4.42 Å². The van der Waals surface area contributed by atoms with Gasteiger partial charge < -0.3 is 9.73 Å². The SMILES string of the molecule is Cc1ccc(CNC(=O)C(C)C)o1.[HH]. The van der Waals surface area contributed by atoms with Gasteiger partial charge in [0.05, 0.1) is 6.54 Å². The molecule has 0 fully saturated rings. The summed E-state index contributed by atoms with van der Waals surface area (Å²) in [6.45, 7) is 6.09. The van der Waals surface area contributed by atoms with E-state index in [-0.39, 0.29) is 13.3 Å². The minimum absolute atomic E-state index is 0. The average Bonchev–Trinajstić information content (AvgIpc) is 2.47. The number of amides is 1. The summed E-state index contributed by atoms with van der Waals surface area (Å²) in [6, 6.07) is 3.76. The molecule has 0 atom stereocenters. The molecule has 0 radical (unpaired) electrons. The van der Waals surface area contributed by atoms with Crippen molar-refractivity contribution in [2.24, 2.45) is 5.92 Å². The Morgan fingerprint density at radius 1 is 1.62 bits per heavy atom. The van der Waals surface area contributed by atoms with Crippen LogP contribution in [0, 0.1) is 12.8 Å². The maximum Gasteiger partial charge on any atom is 0.222 e. The first-order chi connectivity index (χ1) is 6.09. The monoisotopic (exact) mass is 183 g/mol. The van der Waals surface area contributed by atoms with Crippen molar-refractivity contribution in [3.05, 3.63) is 23.7 Å². The van der Waals surface area contributed by atoms with Crippen LogP contribution < -0.4 is 5.32 Å². The molecular weight excluding hydrogens is 166 g/mol. The van der Waals surface area contributed by atoms with E-state index in [9.17, 15) is 4.79 Å². The third kappa shape index (κ3) is 2.93. The second-order valence-electron chi connectivity index (χ2n) is 3.38. The van der Waals surface area contributed by atoms with Crippen LogP contribution in [0.2, 0.25) is 0 Å². The first kappa shape index (κ1) is 9.84. The Kier molecular flexibility index (Phi) is 3.12. The molecule has 0 aliphatic carbocycles. The molecule has 0 unspecified atom stereocenters. The maximum atomic E-state index is 11.2. The van der Waals surface area contributed by atoms with Gasteiger partial charge in [-0.05, 0) is 19.1 Å². The number of carbonyl (C=O) groups excluding carboxylic acids is 1. The van der Waals surface area contributed by atoms with Gasteiger partial charge in [-0.25, -0.2) is 0 Å². The van der Waals surface area contributed by atoms with Crippen LogP contribution in [0.4, 0.5) is 0 Å². The number of aryl methyl sites for hydroxylation is 1. The zero-order valence-corrected chi connectivity index (χ0v) is 8.26. The summed E-state index contributed by atoms with van der Waals surface area (Å²) >= 11 is 0. The van der Waals surface area contributed by atoms with E-state index in [1.165, 1.54) is 0 Å². The van der Waals surface area contributed by atoms with Crippen molar-refractivity contribution >= 4 is 5.91 Å². The molecule has 1 heterocycles. The van der Waals surface area contributed by atoms with Crippen LogP contribution >= 0.6 is 0 Å². The lowest BCUT2D eigenvalue weighted by atomic mass is 10.2. The minimum Gasteiger partial charge on any atom is -0.465 e.